The maximum Gasteiger partial charge on any atom is 0.269 e. The number of halogens is 2. The topological polar surface area (TPSA) is 102 Å². The monoisotopic (exact) mass is 514 g/mol. The van der Waals surface area contributed by atoms with Crippen LogP contribution in [0.3, 0.4) is 0 Å². The number of amides is 2. The van der Waals surface area contributed by atoms with Crippen LogP contribution >= 0.6 is 20.8 Å². The van der Waals surface area contributed by atoms with Crippen molar-refractivity contribution in [3.05, 3.63) is 64.6 Å². The van der Waals surface area contributed by atoms with Gasteiger partial charge in [-0.15, -0.1) is 10.1 Å². The summed E-state index contributed by atoms with van der Waals surface area (Å²) in [7, 11) is 6.72. The number of aromatic nitrogens is 4. The molecule has 1 unspecified atom stereocenters. The third kappa shape index (κ3) is 4.55. The van der Waals surface area contributed by atoms with Gasteiger partial charge in [-0.05, 0) is 55.4 Å². The van der Waals surface area contributed by atoms with Crippen molar-refractivity contribution in [3.8, 4) is 11.5 Å². The first-order chi connectivity index (χ1) is 17.0. The van der Waals surface area contributed by atoms with E-state index in [1.165, 1.54) is 25.4 Å². The molecule has 3 atom stereocenters. The van der Waals surface area contributed by atoms with Crippen LogP contribution in [0.5, 0.6) is 0 Å². The molecule has 4 heterocycles. The number of rotatable bonds is 5. The van der Waals surface area contributed by atoms with Crippen molar-refractivity contribution in [2.45, 2.75) is 37.8 Å². The summed E-state index contributed by atoms with van der Waals surface area (Å²) in [5.41, 5.74) is 1.57. The number of fused-ring (bicyclic) bond motifs is 1. The Hall–Kier alpha value is -3.24. The number of imidazole rings is 1. The summed E-state index contributed by atoms with van der Waals surface area (Å²) in [5, 5.41) is 7.52. The van der Waals surface area contributed by atoms with Crippen molar-refractivity contribution in [1.82, 2.24) is 30.2 Å². The van der Waals surface area contributed by atoms with Crippen LogP contribution in [-0.2, 0) is 4.79 Å². The number of nitrogens with zero attached hydrogens (tertiary/aromatic N) is 4. The Bertz CT molecular complexity index is 1370. The van der Waals surface area contributed by atoms with Gasteiger partial charge in [-0.1, -0.05) is 16.8 Å². The summed E-state index contributed by atoms with van der Waals surface area (Å²) >= 11 is 0. The van der Waals surface area contributed by atoms with Gasteiger partial charge in [-0.25, -0.2) is 19.3 Å². The molecule has 0 radical (unpaired) electrons. The Morgan fingerprint density at radius 2 is 2.11 bits per heavy atom. The minimum Gasteiger partial charge on any atom is -0.354 e. The molecule has 3 aromatic heterocycles. The standard InChI is InChI=1S/C24H24ClFN6O2S/c1-27-23(33)18-12-17-19(13-29-18)32(22(31-17)21-16(26)7-3-9-28-21)15-6-2-5-14(11-15)30-24(34)20-8-4-10-35(20)25/h3-4,7-10,12-15,35H,2,5-6,11H2,1H3,(H,27,33)(H,30,34)/t14-,15+/m1/s1. The lowest BCUT2D eigenvalue weighted by molar-refractivity contribution is -0.117. The minimum absolute atomic E-state index is 0.0696. The third-order valence-electron chi connectivity index (χ3n) is 6.29. The zero-order valence-electron chi connectivity index (χ0n) is 18.9. The van der Waals surface area contributed by atoms with Gasteiger partial charge < -0.3 is 15.2 Å². The number of hydrogen-bond donors (Lipinski definition) is 3. The van der Waals surface area contributed by atoms with E-state index in [1.54, 1.807) is 18.3 Å². The van der Waals surface area contributed by atoms with E-state index >= 15 is 0 Å². The maximum atomic E-state index is 14.8. The van der Waals surface area contributed by atoms with Crippen LogP contribution in [0.25, 0.3) is 22.6 Å². The fourth-order valence-electron chi connectivity index (χ4n) is 4.66. The molecule has 5 rings (SSSR count). The fourth-order valence-corrected chi connectivity index (χ4v) is 6.14. The van der Waals surface area contributed by atoms with Crippen molar-refractivity contribution >= 4 is 43.6 Å². The van der Waals surface area contributed by atoms with E-state index in [9.17, 15) is 14.0 Å². The summed E-state index contributed by atoms with van der Waals surface area (Å²) in [6.07, 6.45) is 9.85. The third-order valence-corrected chi connectivity index (χ3v) is 8.42. The molecule has 2 N–H and O–H groups in total. The van der Waals surface area contributed by atoms with Gasteiger partial charge in [0.25, 0.3) is 11.8 Å². The molecular weight excluding hydrogens is 491 g/mol. The Labute approximate surface area is 208 Å². The number of thiol groups is 1. The van der Waals surface area contributed by atoms with Gasteiger partial charge in [-0.2, -0.15) is 0 Å². The normalized spacial score (nSPS) is 22.7. The van der Waals surface area contributed by atoms with E-state index in [-0.39, 0.29) is 35.3 Å². The number of allylic oxidation sites excluding steroid dienone is 2. The highest BCUT2D eigenvalue weighted by Gasteiger charge is 2.30. The van der Waals surface area contributed by atoms with Crippen LogP contribution in [0.15, 0.2) is 53.1 Å². The molecule has 1 saturated carbocycles. The number of carbonyl (C=O) groups is 2. The first kappa shape index (κ1) is 23.5. The van der Waals surface area contributed by atoms with Crippen LogP contribution in [0.2, 0.25) is 0 Å². The summed E-state index contributed by atoms with van der Waals surface area (Å²) in [6.45, 7) is 0. The van der Waals surface area contributed by atoms with Crippen LogP contribution in [0, 0.1) is 5.82 Å². The minimum atomic E-state index is -1.08. The van der Waals surface area contributed by atoms with Crippen molar-refractivity contribution in [2.24, 2.45) is 0 Å². The van der Waals surface area contributed by atoms with Gasteiger partial charge in [0.05, 0.1) is 22.1 Å². The number of nitrogens with one attached hydrogen (secondary N) is 2. The zero-order valence-corrected chi connectivity index (χ0v) is 20.6. The molecular formula is C24H24ClFN6O2S. The highest BCUT2D eigenvalue weighted by molar-refractivity contribution is 8.42. The van der Waals surface area contributed by atoms with Crippen LogP contribution in [0.1, 0.15) is 42.2 Å². The summed E-state index contributed by atoms with van der Waals surface area (Å²) in [4.78, 5) is 38.7. The highest BCUT2D eigenvalue weighted by Crippen LogP contribution is 2.45. The first-order valence-corrected chi connectivity index (χ1v) is 13.6. The number of pyridine rings is 2. The average Bonchev–Trinajstić information content (AvgIpc) is 3.47. The molecule has 0 aromatic carbocycles. The molecule has 1 aliphatic heterocycles. The van der Waals surface area contributed by atoms with Crippen molar-refractivity contribution in [2.75, 3.05) is 7.05 Å². The van der Waals surface area contributed by atoms with Crippen LogP contribution < -0.4 is 10.6 Å². The van der Waals surface area contributed by atoms with E-state index in [0.717, 1.165) is 19.3 Å². The van der Waals surface area contributed by atoms with E-state index in [1.807, 2.05) is 16.1 Å². The predicted octanol–water partition coefficient (Wildman–Crippen LogP) is 4.16. The summed E-state index contributed by atoms with van der Waals surface area (Å²) in [5.74, 6) is -0.592. The Morgan fingerprint density at radius 1 is 1.26 bits per heavy atom. The molecule has 182 valence electrons. The highest BCUT2D eigenvalue weighted by atomic mass is 35.7. The molecule has 2 aliphatic rings. The van der Waals surface area contributed by atoms with Crippen LogP contribution in [0.4, 0.5) is 4.39 Å². The van der Waals surface area contributed by atoms with Crippen molar-refractivity contribution < 1.29 is 14.0 Å². The molecule has 1 aliphatic carbocycles. The lowest BCUT2D eigenvalue weighted by atomic mass is 9.90. The van der Waals surface area contributed by atoms with Gasteiger partial charge >= 0.3 is 0 Å². The largest absolute Gasteiger partial charge is 0.354 e. The van der Waals surface area contributed by atoms with Gasteiger partial charge in [0, 0.05) is 25.3 Å². The second kappa shape index (κ2) is 9.79. The van der Waals surface area contributed by atoms with E-state index in [0.29, 0.717) is 28.2 Å². The second-order valence-corrected chi connectivity index (χ2v) is 11.0. The summed E-state index contributed by atoms with van der Waals surface area (Å²) in [6, 6.07) is 4.33. The number of carbonyl (C=O) groups excluding carboxylic acids is 2. The molecule has 2 amide bonds. The molecule has 11 heteroatoms. The fraction of sp³-hybridized carbons (Fsp3) is 0.292. The molecule has 35 heavy (non-hydrogen) atoms. The van der Waals surface area contributed by atoms with Gasteiger partial charge in [0.2, 0.25) is 0 Å². The van der Waals surface area contributed by atoms with E-state index in [2.05, 4.69) is 25.6 Å². The van der Waals surface area contributed by atoms with Crippen molar-refractivity contribution in [3.63, 3.8) is 0 Å². The second-order valence-electron chi connectivity index (χ2n) is 8.47. The first-order valence-electron chi connectivity index (χ1n) is 11.3. The Kier molecular flexibility index (Phi) is 6.57. The van der Waals surface area contributed by atoms with E-state index < -0.39 is 15.9 Å². The van der Waals surface area contributed by atoms with Crippen molar-refractivity contribution in [1.29, 1.82) is 0 Å². The molecule has 3 aromatic rings. The smallest absolute Gasteiger partial charge is 0.269 e. The molecule has 0 spiro atoms. The zero-order chi connectivity index (χ0) is 24.5. The molecule has 0 saturated heterocycles. The quantitative estimate of drug-likeness (QED) is 0.444. The van der Waals surface area contributed by atoms with E-state index in [4.69, 9.17) is 10.7 Å². The predicted molar refractivity (Wildman–Crippen MR) is 136 cm³/mol. The lowest BCUT2D eigenvalue weighted by Gasteiger charge is -2.32. The molecule has 1 fully saturated rings. The SMILES string of the molecule is CNC(=O)c1cc2nc(-c3ncccc3F)n([C@H]3CCC[C@@H](NC(=O)C4=CC=C[SH]4Cl)C3)c2cn1. The summed E-state index contributed by atoms with van der Waals surface area (Å²) < 4.78 is 16.7. The van der Waals surface area contributed by atoms with Gasteiger partial charge in [-0.3, -0.25) is 9.59 Å². The lowest BCUT2D eigenvalue weighted by Crippen LogP contribution is -2.39. The maximum absolute atomic E-state index is 14.8. The Balaban J connectivity index is 1.51. The molecule has 8 nitrogen and oxygen atoms in total. The number of hydrogen-bond acceptors (Lipinski definition) is 5. The Morgan fingerprint density at radius 3 is 2.86 bits per heavy atom. The average molecular weight is 515 g/mol. The van der Waals surface area contributed by atoms with Crippen LogP contribution in [-0.4, -0.2) is 44.4 Å². The van der Waals surface area contributed by atoms with Gasteiger partial charge in [0.1, 0.15) is 11.4 Å². The van der Waals surface area contributed by atoms with Gasteiger partial charge in [0.15, 0.2) is 11.6 Å². The molecule has 0 bridgehead atoms.